The van der Waals surface area contributed by atoms with Crippen molar-refractivity contribution in [1.82, 2.24) is 0 Å². The van der Waals surface area contributed by atoms with Gasteiger partial charge in [-0.05, 0) is 35.9 Å². The van der Waals surface area contributed by atoms with Gasteiger partial charge in [-0.1, -0.05) is 13.8 Å². The number of carboxylic acids is 2. The van der Waals surface area contributed by atoms with Crippen molar-refractivity contribution in [1.29, 1.82) is 0 Å². The van der Waals surface area contributed by atoms with Gasteiger partial charge < -0.3 is 21.7 Å². The minimum absolute atomic E-state index is 0.563. The summed E-state index contributed by atoms with van der Waals surface area (Å²) >= 11 is 3.42. The molecule has 0 fully saturated rings. The van der Waals surface area contributed by atoms with Crippen molar-refractivity contribution in [2.45, 2.75) is 38.8 Å². The molecular weight excluding hydrogens is 300 g/mol. The van der Waals surface area contributed by atoms with Crippen LogP contribution in [0.15, 0.2) is 0 Å². The number of carbonyl (C=O) groups is 2. The lowest BCUT2D eigenvalue weighted by molar-refractivity contribution is -0.139. The molecule has 0 amide bonds. The Morgan fingerprint density at radius 1 is 0.900 bits per heavy atom. The fraction of sp³-hybridized carbons (Fsp3) is 0.833. The maximum atomic E-state index is 10.2. The van der Waals surface area contributed by atoms with Gasteiger partial charge in [-0.15, -0.1) is 0 Å². The van der Waals surface area contributed by atoms with E-state index in [1.54, 1.807) is 23.5 Å². The van der Waals surface area contributed by atoms with Gasteiger partial charge in [-0.3, -0.25) is 9.59 Å². The molecule has 0 bridgehead atoms. The van der Waals surface area contributed by atoms with Crippen molar-refractivity contribution < 1.29 is 19.8 Å². The van der Waals surface area contributed by atoms with Gasteiger partial charge in [0.1, 0.15) is 12.1 Å². The fourth-order valence-electron chi connectivity index (χ4n) is 0.956. The second kappa shape index (κ2) is 15.0. The Balaban J connectivity index is 0. The monoisotopic (exact) mass is 326 g/mol. The summed E-state index contributed by atoms with van der Waals surface area (Å²) in [7, 11) is 0. The number of hydrogen-bond acceptors (Lipinski definition) is 6. The molecule has 0 aliphatic rings. The SMILES string of the molecule is CCSCCC(N)C(=O)O.CCSCCC(N)C(=O)O. The molecule has 0 saturated carbocycles. The normalized spacial score (nSPS) is 13.0. The van der Waals surface area contributed by atoms with Crippen LogP contribution >= 0.6 is 23.5 Å². The fourth-order valence-corrected chi connectivity index (χ4v) is 2.37. The van der Waals surface area contributed by atoms with E-state index in [2.05, 4.69) is 0 Å². The molecule has 8 heteroatoms. The second-order valence-corrected chi connectivity index (χ2v) is 6.65. The number of nitrogens with two attached hydrogens (primary N) is 2. The first-order chi connectivity index (χ1) is 9.36. The average molecular weight is 326 g/mol. The highest BCUT2D eigenvalue weighted by Crippen LogP contribution is 2.03. The summed E-state index contributed by atoms with van der Waals surface area (Å²) in [5.41, 5.74) is 10.5. The van der Waals surface area contributed by atoms with E-state index in [4.69, 9.17) is 21.7 Å². The van der Waals surface area contributed by atoms with E-state index in [1.165, 1.54) is 0 Å². The van der Waals surface area contributed by atoms with Gasteiger partial charge in [0.05, 0.1) is 0 Å². The van der Waals surface area contributed by atoms with Crippen molar-refractivity contribution in [3.63, 3.8) is 0 Å². The molecule has 0 radical (unpaired) electrons. The van der Waals surface area contributed by atoms with E-state index < -0.39 is 24.0 Å². The molecule has 0 aromatic carbocycles. The van der Waals surface area contributed by atoms with Crippen LogP contribution in [0.4, 0.5) is 0 Å². The van der Waals surface area contributed by atoms with Crippen molar-refractivity contribution >= 4 is 35.5 Å². The molecule has 6 nitrogen and oxygen atoms in total. The van der Waals surface area contributed by atoms with Crippen molar-refractivity contribution in [3.05, 3.63) is 0 Å². The summed E-state index contributed by atoms with van der Waals surface area (Å²) in [6, 6.07) is -1.36. The van der Waals surface area contributed by atoms with Gasteiger partial charge in [0.15, 0.2) is 0 Å². The molecule has 6 N–H and O–H groups in total. The summed E-state index contributed by atoms with van der Waals surface area (Å²) in [4.78, 5) is 20.3. The Bertz CT molecular complexity index is 242. The van der Waals surface area contributed by atoms with Gasteiger partial charge in [-0.2, -0.15) is 23.5 Å². The highest BCUT2D eigenvalue weighted by molar-refractivity contribution is 7.99. The smallest absolute Gasteiger partial charge is 0.320 e. The predicted octanol–water partition coefficient (Wildman–Crippen LogP) is 1.08. The molecule has 0 saturated heterocycles. The first-order valence-electron chi connectivity index (χ1n) is 6.48. The molecule has 0 heterocycles. The van der Waals surface area contributed by atoms with Gasteiger partial charge in [-0.25, -0.2) is 0 Å². The average Bonchev–Trinajstić information content (AvgIpc) is 2.39. The van der Waals surface area contributed by atoms with Crippen LogP contribution < -0.4 is 11.5 Å². The van der Waals surface area contributed by atoms with E-state index in [0.29, 0.717) is 12.8 Å². The number of hydrogen-bond donors (Lipinski definition) is 4. The summed E-state index contributed by atoms with van der Waals surface area (Å²) in [6.45, 7) is 4.08. The van der Waals surface area contributed by atoms with Crippen LogP contribution in [-0.2, 0) is 9.59 Å². The Hall–Kier alpha value is -0.440. The second-order valence-electron chi connectivity index (χ2n) is 3.86. The molecule has 0 aliphatic carbocycles. The lowest BCUT2D eigenvalue weighted by atomic mass is 10.2. The van der Waals surface area contributed by atoms with Gasteiger partial charge >= 0.3 is 11.9 Å². The maximum absolute atomic E-state index is 10.2. The topological polar surface area (TPSA) is 127 Å². The number of rotatable bonds is 10. The van der Waals surface area contributed by atoms with Crippen LogP contribution in [0.1, 0.15) is 26.7 Å². The minimum Gasteiger partial charge on any atom is -0.480 e. The third-order valence-electron chi connectivity index (χ3n) is 2.19. The van der Waals surface area contributed by atoms with Crippen LogP contribution in [0.25, 0.3) is 0 Å². The third-order valence-corrected chi connectivity index (χ3v) is 4.05. The summed E-state index contributed by atoms with van der Waals surface area (Å²) in [5, 5.41) is 16.7. The Morgan fingerprint density at radius 2 is 1.20 bits per heavy atom. The minimum atomic E-state index is -0.906. The van der Waals surface area contributed by atoms with Crippen molar-refractivity contribution in [2.24, 2.45) is 11.5 Å². The molecule has 20 heavy (non-hydrogen) atoms. The highest BCUT2D eigenvalue weighted by atomic mass is 32.2. The highest BCUT2D eigenvalue weighted by Gasteiger charge is 2.10. The summed E-state index contributed by atoms with van der Waals surface area (Å²) in [5.74, 6) is 1.90. The molecule has 0 spiro atoms. The van der Waals surface area contributed by atoms with Crippen LogP contribution in [0.2, 0.25) is 0 Å². The van der Waals surface area contributed by atoms with Crippen molar-refractivity contribution in [3.8, 4) is 0 Å². The third kappa shape index (κ3) is 15.6. The van der Waals surface area contributed by atoms with Gasteiger partial charge in [0.25, 0.3) is 0 Å². The predicted molar refractivity (Wildman–Crippen MR) is 86.5 cm³/mol. The van der Waals surface area contributed by atoms with Crippen LogP contribution in [-0.4, -0.2) is 57.2 Å². The zero-order valence-electron chi connectivity index (χ0n) is 12.1. The Morgan fingerprint density at radius 3 is 1.40 bits per heavy atom. The molecule has 0 rings (SSSR count). The summed E-state index contributed by atoms with van der Waals surface area (Å²) < 4.78 is 0. The Kier molecular flexibility index (Phi) is 16.3. The zero-order chi connectivity index (χ0) is 16.0. The van der Waals surface area contributed by atoms with E-state index >= 15 is 0 Å². The lowest BCUT2D eigenvalue weighted by Gasteiger charge is -2.03. The maximum Gasteiger partial charge on any atom is 0.320 e. The van der Waals surface area contributed by atoms with Crippen LogP contribution in [0.5, 0.6) is 0 Å². The van der Waals surface area contributed by atoms with E-state index in [0.717, 1.165) is 23.0 Å². The quantitative estimate of drug-likeness (QED) is 0.439. The zero-order valence-corrected chi connectivity index (χ0v) is 13.7. The standard InChI is InChI=1S/2C6H13NO2S/c2*1-2-10-4-3-5(7)6(8)9/h2*5H,2-4,7H2,1H3,(H,8,9). The number of carboxylic acid groups (broad SMARTS) is 2. The van der Waals surface area contributed by atoms with Crippen LogP contribution in [0.3, 0.4) is 0 Å². The molecule has 2 unspecified atom stereocenters. The van der Waals surface area contributed by atoms with Crippen molar-refractivity contribution in [2.75, 3.05) is 23.0 Å². The molecular formula is C12H26N2O4S2. The first-order valence-corrected chi connectivity index (χ1v) is 8.79. The van der Waals surface area contributed by atoms with Gasteiger partial charge in [0.2, 0.25) is 0 Å². The van der Waals surface area contributed by atoms with Gasteiger partial charge in [0, 0.05) is 0 Å². The number of aliphatic carboxylic acids is 2. The molecule has 2 atom stereocenters. The Labute approximate surface area is 129 Å². The largest absolute Gasteiger partial charge is 0.480 e. The van der Waals surface area contributed by atoms with Crippen LogP contribution in [0, 0.1) is 0 Å². The molecule has 120 valence electrons. The van der Waals surface area contributed by atoms with E-state index in [1.807, 2.05) is 13.8 Å². The van der Waals surface area contributed by atoms with E-state index in [9.17, 15) is 9.59 Å². The van der Waals surface area contributed by atoms with E-state index in [-0.39, 0.29) is 0 Å². The summed E-state index contributed by atoms with van der Waals surface area (Å²) in [6.07, 6.45) is 1.13. The lowest BCUT2D eigenvalue weighted by Crippen LogP contribution is -2.30. The number of thioether (sulfide) groups is 2. The first kappa shape index (κ1) is 21.9. The molecule has 0 aromatic heterocycles. The molecule has 0 aliphatic heterocycles. The molecule has 0 aromatic rings.